The van der Waals surface area contributed by atoms with Gasteiger partial charge in [-0.05, 0) is 37.7 Å². The van der Waals surface area contributed by atoms with Crippen LogP contribution in [-0.2, 0) is 10.0 Å². The Balaban J connectivity index is 2.29. The van der Waals surface area contributed by atoms with Crippen molar-refractivity contribution in [2.24, 2.45) is 0 Å². The van der Waals surface area contributed by atoms with E-state index in [1.165, 1.54) is 32.4 Å². The number of methoxy groups -OCH3 is 1. The second kappa shape index (κ2) is 7.46. The van der Waals surface area contributed by atoms with E-state index in [2.05, 4.69) is 10.0 Å². The third-order valence-electron chi connectivity index (χ3n) is 3.63. The number of hydrogen-bond acceptors (Lipinski definition) is 4. The maximum Gasteiger partial charge on any atom is 0.251 e. The number of benzene rings is 2. The maximum atomic E-state index is 12.4. The fourth-order valence-electron chi connectivity index (χ4n) is 2.24. The third kappa shape index (κ3) is 3.93. The molecule has 2 aromatic carbocycles. The predicted molar refractivity (Wildman–Crippen MR) is 91.6 cm³/mol. The van der Waals surface area contributed by atoms with Gasteiger partial charge in [-0.25, -0.2) is 13.1 Å². The first-order chi connectivity index (χ1) is 11.4. The van der Waals surface area contributed by atoms with Gasteiger partial charge in [0.1, 0.15) is 10.6 Å². The third-order valence-corrected chi connectivity index (χ3v) is 5.07. The van der Waals surface area contributed by atoms with Crippen LogP contribution in [0.25, 0.3) is 0 Å². The number of nitrogens with one attached hydrogen (secondary N) is 2. The molecule has 0 aliphatic carbocycles. The van der Waals surface area contributed by atoms with Crippen molar-refractivity contribution in [1.82, 2.24) is 10.0 Å². The minimum atomic E-state index is -3.73. The Hall–Kier alpha value is -2.38. The van der Waals surface area contributed by atoms with Gasteiger partial charge in [0, 0.05) is 5.56 Å². The molecule has 0 fully saturated rings. The number of amides is 1. The molecule has 0 aliphatic rings. The summed E-state index contributed by atoms with van der Waals surface area (Å²) in [6.45, 7) is 1.86. The molecular formula is C17H20N2O4S. The molecule has 1 atom stereocenters. The van der Waals surface area contributed by atoms with Crippen LogP contribution < -0.4 is 14.8 Å². The molecule has 0 radical (unpaired) electrons. The number of sulfonamides is 1. The highest BCUT2D eigenvalue weighted by Gasteiger charge is 2.20. The SMILES string of the molecule is CNS(=O)(=O)c1cc(C(=O)NC(C)c2ccccc2)ccc1OC. The Morgan fingerprint density at radius 2 is 1.79 bits per heavy atom. The van der Waals surface area contributed by atoms with E-state index in [-0.39, 0.29) is 28.2 Å². The van der Waals surface area contributed by atoms with E-state index in [0.29, 0.717) is 0 Å². The highest BCUT2D eigenvalue weighted by Crippen LogP contribution is 2.25. The lowest BCUT2D eigenvalue weighted by Crippen LogP contribution is -2.27. The standard InChI is InChI=1S/C17H20N2O4S/c1-12(13-7-5-4-6-8-13)19-17(20)14-9-10-15(23-3)16(11-14)24(21,22)18-2/h4-12,18H,1-3H3,(H,19,20). The van der Waals surface area contributed by atoms with Gasteiger partial charge in [0.25, 0.3) is 5.91 Å². The monoisotopic (exact) mass is 348 g/mol. The van der Waals surface area contributed by atoms with Crippen molar-refractivity contribution in [3.63, 3.8) is 0 Å². The lowest BCUT2D eigenvalue weighted by Gasteiger charge is -2.15. The van der Waals surface area contributed by atoms with Crippen LogP contribution in [0.15, 0.2) is 53.4 Å². The fraction of sp³-hybridized carbons (Fsp3) is 0.235. The summed E-state index contributed by atoms with van der Waals surface area (Å²) in [5.74, 6) is -0.182. The molecule has 1 amide bonds. The van der Waals surface area contributed by atoms with Crippen LogP contribution in [0.3, 0.4) is 0 Å². The molecule has 24 heavy (non-hydrogen) atoms. The van der Waals surface area contributed by atoms with Crippen LogP contribution in [0.1, 0.15) is 28.9 Å². The second-order valence-electron chi connectivity index (χ2n) is 5.18. The molecule has 0 bridgehead atoms. The van der Waals surface area contributed by atoms with Gasteiger partial charge in [-0.1, -0.05) is 30.3 Å². The largest absolute Gasteiger partial charge is 0.495 e. The van der Waals surface area contributed by atoms with Crippen molar-refractivity contribution in [2.45, 2.75) is 17.9 Å². The van der Waals surface area contributed by atoms with Crippen molar-refractivity contribution < 1.29 is 17.9 Å². The van der Waals surface area contributed by atoms with Crippen molar-refractivity contribution in [3.05, 3.63) is 59.7 Å². The van der Waals surface area contributed by atoms with Crippen LogP contribution in [0.2, 0.25) is 0 Å². The van der Waals surface area contributed by atoms with E-state index < -0.39 is 10.0 Å². The molecule has 0 saturated heterocycles. The maximum absolute atomic E-state index is 12.4. The first kappa shape index (κ1) is 18.0. The van der Waals surface area contributed by atoms with Crippen molar-refractivity contribution in [2.75, 3.05) is 14.2 Å². The Kier molecular flexibility index (Phi) is 5.58. The van der Waals surface area contributed by atoms with E-state index in [0.717, 1.165) is 5.56 Å². The molecule has 0 heterocycles. The zero-order chi connectivity index (χ0) is 17.7. The summed E-state index contributed by atoms with van der Waals surface area (Å²) in [5.41, 5.74) is 1.20. The van der Waals surface area contributed by atoms with E-state index in [4.69, 9.17) is 4.74 Å². The summed E-state index contributed by atoms with van der Waals surface area (Å²) in [6, 6.07) is 13.6. The van der Waals surface area contributed by atoms with E-state index >= 15 is 0 Å². The van der Waals surface area contributed by atoms with Crippen LogP contribution in [0, 0.1) is 0 Å². The number of rotatable bonds is 6. The highest BCUT2D eigenvalue weighted by molar-refractivity contribution is 7.89. The van der Waals surface area contributed by atoms with E-state index in [1.54, 1.807) is 0 Å². The number of carbonyl (C=O) groups is 1. The van der Waals surface area contributed by atoms with Gasteiger partial charge in [0.05, 0.1) is 13.2 Å². The molecular weight excluding hydrogens is 328 g/mol. The highest BCUT2D eigenvalue weighted by atomic mass is 32.2. The van der Waals surface area contributed by atoms with Gasteiger partial charge in [-0.2, -0.15) is 0 Å². The Morgan fingerprint density at radius 1 is 1.12 bits per heavy atom. The molecule has 7 heteroatoms. The molecule has 6 nitrogen and oxygen atoms in total. The predicted octanol–water partition coefficient (Wildman–Crippen LogP) is 2.09. The van der Waals surface area contributed by atoms with Gasteiger partial charge >= 0.3 is 0 Å². The number of hydrogen-bond donors (Lipinski definition) is 2. The van der Waals surface area contributed by atoms with Crippen LogP contribution in [-0.4, -0.2) is 28.5 Å². The lowest BCUT2D eigenvalue weighted by atomic mass is 10.1. The Labute approximate surface area is 141 Å². The molecule has 2 rings (SSSR count). The van der Waals surface area contributed by atoms with Gasteiger partial charge in [0.2, 0.25) is 10.0 Å². The van der Waals surface area contributed by atoms with Gasteiger partial charge in [-0.3, -0.25) is 4.79 Å². The first-order valence-corrected chi connectivity index (χ1v) is 8.84. The van der Waals surface area contributed by atoms with Gasteiger partial charge in [-0.15, -0.1) is 0 Å². The quantitative estimate of drug-likeness (QED) is 0.837. The molecule has 1 unspecified atom stereocenters. The summed E-state index contributed by atoms with van der Waals surface area (Å²) >= 11 is 0. The summed E-state index contributed by atoms with van der Waals surface area (Å²) in [4.78, 5) is 12.4. The molecule has 0 aliphatic heterocycles. The van der Waals surface area contributed by atoms with Crippen LogP contribution in [0.4, 0.5) is 0 Å². The number of carbonyl (C=O) groups excluding carboxylic acids is 1. The summed E-state index contributed by atoms with van der Waals surface area (Å²) in [5, 5.41) is 2.85. The average Bonchev–Trinajstić information content (AvgIpc) is 2.61. The van der Waals surface area contributed by atoms with E-state index in [9.17, 15) is 13.2 Å². The van der Waals surface area contributed by atoms with E-state index in [1.807, 2.05) is 37.3 Å². The van der Waals surface area contributed by atoms with Crippen molar-refractivity contribution in [1.29, 1.82) is 0 Å². The van der Waals surface area contributed by atoms with Gasteiger partial charge in [0.15, 0.2) is 0 Å². The molecule has 2 aromatic rings. The lowest BCUT2D eigenvalue weighted by molar-refractivity contribution is 0.0939. The molecule has 0 aromatic heterocycles. The summed E-state index contributed by atoms with van der Waals surface area (Å²) < 4.78 is 31.4. The van der Waals surface area contributed by atoms with Crippen molar-refractivity contribution in [3.8, 4) is 5.75 Å². The minimum Gasteiger partial charge on any atom is -0.495 e. The average molecular weight is 348 g/mol. The molecule has 128 valence electrons. The molecule has 0 saturated carbocycles. The Morgan fingerprint density at radius 3 is 2.38 bits per heavy atom. The van der Waals surface area contributed by atoms with Crippen LogP contribution in [0.5, 0.6) is 5.75 Å². The zero-order valence-electron chi connectivity index (χ0n) is 13.7. The normalized spacial score (nSPS) is 12.5. The molecule has 2 N–H and O–H groups in total. The van der Waals surface area contributed by atoms with Gasteiger partial charge < -0.3 is 10.1 Å². The Bertz CT molecular complexity index is 820. The van der Waals surface area contributed by atoms with Crippen LogP contribution >= 0.6 is 0 Å². The first-order valence-electron chi connectivity index (χ1n) is 7.36. The smallest absolute Gasteiger partial charge is 0.251 e. The minimum absolute atomic E-state index is 0.0764. The van der Waals surface area contributed by atoms with Crippen molar-refractivity contribution >= 4 is 15.9 Å². The summed E-state index contributed by atoms with van der Waals surface area (Å²) in [6.07, 6.45) is 0. The topological polar surface area (TPSA) is 84.5 Å². The fourth-order valence-corrected chi connectivity index (χ4v) is 3.16. The zero-order valence-corrected chi connectivity index (χ0v) is 14.6. The summed E-state index contributed by atoms with van der Waals surface area (Å²) in [7, 11) is -1.05. The number of ether oxygens (including phenoxy) is 1. The molecule has 0 spiro atoms. The second-order valence-corrected chi connectivity index (χ2v) is 7.03.